The number of ether oxygens (including phenoxy) is 1. The van der Waals surface area contributed by atoms with Gasteiger partial charge in [0.1, 0.15) is 13.2 Å². The fourth-order valence-electron chi connectivity index (χ4n) is 3.79. The topological polar surface area (TPSA) is 160 Å². The summed E-state index contributed by atoms with van der Waals surface area (Å²) >= 11 is 0. The largest absolute Gasteiger partial charge is 0.476 e. The second kappa shape index (κ2) is 10.5. The maximum absolute atomic E-state index is 12.1. The molecule has 11 heteroatoms. The molecule has 1 heterocycles. The van der Waals surface area contributed by atoms with E-state index < -0.39 is 23.9 Å². The third-order valence-corrected chi connectivity index (χ3v) is 5.42. The molecule has 4 N–H and O–H groups in total. The molecule has 35 heavy (non-hydrogen) atoms. The fourth-order valence-corrected chi connectivity index (χ4v) is 3.79. The summed E-state index contributed by atoms with van der Waals surface area (Å²) in [6.45, 7) is -0.679. The van der Waals surface area contributed by atoms with Crippen LogP contribution in [0.4, 0.5) is 4.79 Å². The lowest BCUT2D eigenvalue weighted by atomic mass is 9.98. The standard InChI is InChI=1S/C24H22N4O7/c29-21(25-10-14-9-20(23(31)32)28-35-14)11-26-22(30)12-27-24(33)34-13-19-17-7-3-1-5-15(17)16-6-2-4-8-18(16)19/h1-9,19H,10-13H2,(H,25,29)(H,26,30)(H,27,33)(H,31,32). The smallest absolute Gasteiger partial charge is 0.407 e. The van der Waals surface area contributed by atoms with Crippen molar-refractivity contribution in [2.45, 2.75) is 12.5 Å². The highest BCUT2D eigenvalue weighted by molar-refractivity contribution is 5.87. The van der Waals surface area contributed by atoms with Crippen LogP contribution >= 0.6 is 0 Å². The minimum absolute atomic E-state index is 0.0903. The Morgan fingerprint density at radius 3 is 2.11 bits per heavy atom. The minimum Gasteiger partial charge on any atom is -0.476 e. The lowest BCUT2D eigenvalue weighted by Crippen LogP contribution is -2.42. The summed E-state index contributed by atoms with van der Waals surface area (Å²) in [5, 5.41) is 19.3. The van der Waals surface area contributed by atoms with Crippen LogP contribution in [0.3, 0.4) is 0 Å². The van der Waals surface area contributed by atoms with Crippen LogP contribution in [0, 0.1) is 0 Å². The maximum Gasteiger partial charge on any atom is 0.407 e. The zero-order valence-electron chi connectivity index (χ0n) is 18.4. The molecular weight excluding hydrogens is 456 g/mol. The highest BCUT2D eigenvalue weighted by atomic mass is 16.5. The molecule has 3 amide bonds. The van der Waals surface area contributed by atoms with Gasteiger partial charge in [-0.05, 0) is 22.3 Å². The first-order chi connectivity index (χ1) is 16.9. The fraction of sp³-hybridized carbons (Fsp3) is 0.208. The van der Waals surface area contributed by atoms with Crippen molar-refractivity contribution in [3.63, 3.8) is 0 Å². The predicted molar refractivity (Wildman–Crippen MR) is 121 cm³/mol. The molecule has 0 saturated heterocycles. The van der Waals surface area contributed by atoms with E-state index in [4.69, 9.17) is 14.4 Å². The van der Waals surface area contributed by atoms with Crippen molar-refractivity contribution >= 4 is 23.9 Å². The van der Waals surface area contributed by atoms with Gasteiger partial charge < -0.3 is 30.3 Å². The minimum atomic E-state index is -1.25. The Morgan fingerprint density at radius 2 is 1.49 bits per heavy atom. The van der Waals surface area contributed by atoms with E-state index in [0.29, 0.717) is 0 Å². The normalized spacial score (nSPS) is 11.8. The van der Waals surface area contributed by atoms with Gasteiger partial charge in [0.25, 0.3) is 0 Å². The van der Waals surface area contributed by atoms with Crippen molar-refractivity contribution in [2.24, 2.45) is 0 Å². The predicted octanol–water partition coefficient (Wildman–Crippen LogP) is 1.64. The summed E-state index contributed by atoms with van der Waals surface area (Å²) < 4.78 is 10.1. The number of hydrogen-bond acceptors (Lipinski definition) is 7. The molecule has 0 fully saturated rings. The van der Waals surface area contributed by atoms with E-state index in [1.165, 1.54) is 6.07 Å². The van der Waals surface area contributed by atoms with Crippen molar-refractivity contribution < 1.29 is 33.5 Å². The number of carboxylic acid groups (broad SMARTS) is 1. The average Bonchev–Trinajstić information content (AvgIpc) is 3.47. The Labute approximate surface area is 199 Å². The quantitative estimate of drug-likeness (QED) is 0.361. The highest BCUT2D eigenvalue weighted by Crippen LogP contribution is 2.44. The van der Waals surface area contributed by atoms with Crippen LogP contribution in [-0.4, -0.2) is 53.8 Å². The number of hydrogen-bond donors (Lipinski definition) is 4. The number of amides is 3. The zero-order chi connectivity index (χ0) is 24.8. The highest BCUT2D eigenvalue weighted by Gasteiger charge is 2.29. The molecule has 0 radical (unpaired) electrons. The summed E-state index contributed by atoms with van der Waals surface area (Å²) in [4.78, 5) is 46.6. The Balaban J connectivity index is 1.17. The van der Waals surface area contributed by atoms with E-state index in [2.05, 4.69) is 21.1 Å². The van der Waals surface area contributed by atoms with Crippen LogP contribution in [0.1, 0.15) is 33.3 Å². The summed E-state index contributed by atoms with van der Waals surface area (Å²) in [6, 6.07) is 17.1. The molecule has 0 spiro atoms. The SMILES string of the molecule is O=C(CNC(=O)CNC(=O)OCC1c2ccccc2-c2ccccc21)NCc1cc(C(=O)O)no1. The molecule has 0 saturated carbocycles. The summed E-state index contributed by atoms with van der Waals surface area (Å²) in [5.74, 6) is -2.31. The van der Waals surface area contributed by atoms with Gasteiger partial charge in [-0.25, -0.2) is 9.59 Å². The van der Waals surface area contributed by atoms with Crippen molar-refractivity contribution in [3.8, 4) is 11.1 Å². The zero-order valence-corrected chi connectivity index (χ0v) is 18.4. The van der Waals surface area contributed by atoms with Crippen LogP contribution < -0.4 is 16.0 Å². The van der Waals surface area contributed by atoms with Gasteiger partial charge >= 0.3 is 12.1 Å². The molecule has 1 aliphatic rings. The van der Waals surface area contributed by atoms with Crippen LogP contribution in [0.5, 0.6) is 0 Å². The summed E-state index contributed by atoms with van der Waals surface area (Å²) in [5.41, 5.74) is 4.10. The molecule has 2 aromatic carbocycles. The first kappa shape index (κ1) is 23.5. The summed E-state index contributed by atoms with van der Waals surface area (Å²) in [7, 11) is 0. The van der Waals surface area contributed by atoms with Gasteiger partial charge in [0.05, 0.1) is 13.1 Å². The molecule has 11 nitrogen and oxygen atoms in total. The van der Waals surface area contributed by atoms with Crippen LogP contribution in [-0.2, 0) is 20.9 Å². The molecule has 1 aromatic heterocycles. The lowest BCUT2D eigenvalue weighted by molar-refractivity contribution is -0.125. The molecule has 4 rings (SSSR count). The van der Waals surface area contributed by atoms with Crippen LogP contribution in [0.25, 0.3) is 11.1 Å². The van der Waals surface area contributed by atoms with Gasteiger partial charge in [-0.3, -0.25) is 9.59 Å². The van der Waals surface area contributed by atoms with Crippen molar-refractivity contribution in [2.75, 3.05) is 19.7 Å². The van der Waals surface area contributed by atoms with E-state index >= 15 is 0 Å². The van der Waals surface area contributed by atoms with Crippen LogP contribution in [0.2, 0.25) is 0 Å². The molecule has 180 valence electrons. The van der Waals surface area contributed by atoms with Crippen LogP contribution in [0.15, 0.2) is 59.1 Å². The Bertz CT molecular complexity index is 1220. The van der Waals surface area contributed by atoms with E-state index in [-0.39, 0.29) is 43.6 Å². The number of aromatic nitrogens is 1. The Kier molecular flexibility index (Phi) is 7.05. The first-order valence-corrected chi connectivity index (χ1v) is 10.7. The molecule has 3 aromatic rings. The maximum atomic E-state index is 12.1. The van der Waals surface area contributed by atoms with Gasteiger partial charge in [-0.2, -0.15) is 0 Å². The second-order valence-corrected chi connectivity index (χ2v) is 7.72. The molecule has 0 aliphatic heterocycles. The van der Waals surface area contributed by atoms with E-state index in [1.54, 1.807) is 0 Å². The van der Waals surface area contributed by atoms with Gasteiger partial charge in [0.15, 0.2) is 11.5 Å². The number of carboxylic acids is 1. The Hall–Kier alpha value is -4.67. The number of nitrogens with zero attached hydrogens (tertiary/aromatic N) is 1. The third kappa shape index (κ3) is 5.64. The monoisotopic (exact) mass is 478 g/mol. The molecular formula is C24H22N4O7. The van der Waals surface area contributed by atoms with Crippen molar-refractivity contribution in [3.05, 3.63) is 77.2 Å². The van der Waals surface area contributed by atoms with Crippen molar-refractivity contribution in [1.29, 1.82) is 0 Å². The number of carbonyl (C=O) groups is 4. The number of alkyl carbamates (subject to hydrolysis) is 1. The second-order valence-electron chi connectivity index (χ2n) is 7.72. The van der Waals surface area contributed by atoms with Gasteiger partial charge in [0.2, 0.25) is 11.8 Å². The summed E-state index contributed by atoms with van der Waals surface area (Å²) in [6.07, 6.45) is -0.744. The molecule has 0 bridgehead atoms. The molecule has 1 aliphatic carbocycles. The number of benzene rings is 2. The van der Waals surface area contributed by atoms with E-state index in [9.17, 15) is 19.2 Å². The average molecular weight is 478 g/mol. The number of fused-ring (bicyclic) bond motifs is 3. The van der Waals surface area contributed by atoms with E-state index in [0.717, 1.165) is 22.3 Å². The van der Waals surface area contributed by atoms with Crippen molar-refractivity contribution in [1.82, 2.24) is 21.1 Å². The number of nitrogens with one attached hydrogen (secondary N) is 3. The molecule has 0 unspecified atom stereocenters. The number of rotatable bonds is 9. The third-order valence-electron chi connectivity index (χ3n) is 5.42. The first-order valence-electron chi connectivity index (χ1n) is 10.7. The number of aromatic carboxylic acids is 1. The molecule has 0 atom stereocenters. The van der Waals surface area contributed by atoms with Gasteiger partial charge in [0, 0.05) is 12.0 Å². The van der Waals surface area contributed by atoms with Gasteiger partial charge in [-0.1, -0.05) is 53.7 Å². The van der Waals surface area contributed by atoms with Gasteiger partial charge in [-0.15, -0.1) is 0 Å². The number of carbonyl (C=O) groups excluding carboxylic acids is 3. The Morgan fingerprint density at radius 1 is 0.886 bits per heavy atom. The van der Waals surface area contributed by atoms with E-state index in [1.807, 2.05) is 48.5 Å². The lowest BCUT2D eigenvalue weighted by Gasteiger charge is -2.14.